The first kappa shape index (κ1) is 14.5. The van der Waals surface area contributed by atoms with Crippen molar-refractivity contribution in [3.8, 4) is 5.75 Å². The third-order valence-corrected chi connectivity index (χ3v) is 3.46. The predicted octanol–water partition coefficient (Wildman–Crippen LogP) is 3.41. The van der Waals surface area contributed by atoms with E-state index in [2.05, 4.69) is 15.9 Å². The Hall–Kier alpha value is -1.92. The van der Waals surface area contributed by atoms with Gasteiger partial charge in [0, 0.05) is 22.2 Å². The van der Waals surface area contributed by atoms with Crippen LogP contribution in [0.15, 0.2) is 46.9 Å². The van der Waals surface area contributed by atoms with Crippen molar-refractivity contribution < 1.29 is 9.66 Å². The molecule has 2 aromatic rings. The van der Waals surface area contributed by atoms with Gasteiger partial charge in [-0.05, 0) is 23.8 Å². The van der Waals surface area contributed by atoms with Crippen molar-refractivity contribution in [2.45, 2.75) is 6.04 Å². The van der Waals surface area contributed by atoms with Crippen molar-refractivity contribution in [1.82, 2.24) is 0 Å². The van der Waals surface area contributed by atoms with Crippen LogP contribution in [0.1, 0.15) is 17.2 Å². The molecule has 0 saturated carbocycles. The second-order valence-corrected chi connectivity index (χ2v) is 5.13. The number of nitrogens with zero attached hydrogens (tertiary/aromatic N) is 1. The highest BCUT2D eigenvalue weighted by molar-refractivity contribution is 9.10. The average molecular weight is 337 g/mol. The number of hydrogen-bond donors (Lipinski definition) is 1. The standard InChI is InChI=1S/C14H13BrN2O3/c1-20-13-6-5-11(17(18)19)8-12(13)14(16)9-3-2-4-10(15)7-9/h2-8,14H,16H2,1H3. The van der Waals surface area contributed by atoms with E-state index in [9.17, 15) is 10.1 Å². The summed E-state index contributed by atoms with van der Waals surface area (Å²) in [5, 5.41) is 10.9. The molecule has 6 heteroatoms. The molecule has 0 aliphatic carbocycles. The minimum atomic E-state index is -0.498. The Morgan fingerprint density at radius 1 is 1.30 bits per heavy atom. The van der Waals surface area contributed by atoms with Gasteiger partial charge in [-0.25, -0.2) is 0 Å². The van der Waals surface area contributed by atoms with Gasteiger partial charge in [-0.15, -0.1) is 0 Å². The number of nitro benzene ring substituents is 1. The highest BCUT2D eigenvalue weighted by Gasteiger charge is 2.18. The normalized spacial score (nSPS) is 11.9. The maximum absolute atomic E-state index is 10.9. The molecule has 2 rings (SSSR count). The molecule has 0 fully saturated rings. The van der Waals surface area contributed by atoms with Crippen molar-refractivity contribution in [3.05, 3.63) is 68.2 Å². The van der Waals surface area contributed by atoms with Crippen LogP contribution in [0, 0.1) is 10.1 Å². The molecular formula is C14H13BrN2O3. The molecule has 2 N–H and O–H groups in total. The topological polar surface area (TPSA) is 78.4 Å². The van der Waals surface area contributed by atoms with Crippen LogP contribution in [-0.2, 0) is 0 Å². The first-order valence-corrected chi connectivity index (χ1v) is 6.65. The predicted molar refractivity (Wildman–Crippen MR) is 79.8 cm³/mol. The minimum Gasteiger partial charge on any atom is -0.496 e. The summed E-state index contributed by atoms with van der Waals surface area (Å²) in [6, 6.07) is 11.4. The van der Waals surface area contributed by atoms with Crippen molar-refractivity contribution in [2.24, 2.45) is 5.73 Å². The summed E-state index contributed by atoms with van der Waals surface area (Å²) < 4.78 is 6.14. The zero-order valence-electron chi connectivity index (χ0n) is 10.7. The number of ether oxygens (including phenoxy) is 1. The molecule has 1 unspecified atom stereocenters. The fourth-order valence-corrected chi connectivity index (χ4v) is 2.37. The van der Waals surface area contributed by atoms with Crippen molar-refractivity contribution in [2.75, 3.05) is 7.11 Å². The summed E-state index contributed by atoms with van der Waals surface area (Å²) in [4.78, 5) is 10.4. The van der Waals surface area contributed by atoms with Crippen LogP contribution >= 0.6 is 15.9 Å². The van der Waals surface area contributed by atoms with Gasteiger partial charge >= 0.3 is 0 Å². The van der Waals surface area contributed by atoms with Gasteiger partial charge < -0.3 is 10.5 Å². The van der Waals surface area contributed by atoms with Crippen molar-refractivity contribution in [1.29, 1.82) is 0 Å². The zero-order chi connectivity index (χ0) is 14.7. The summed E-state index contributed by atoms with van der Waals surface area (Å²) >= 11 is 3.38. The summed E-state index contributed by atoms with van der Waals surface area (Å²) in [5.74, 6) is 0.531. The van der Waals surface area contributed by atoms with E-state index in [1.807, 2.05) is 24.3 Å². The smallest absolute Gasteiger partial charge is 0.270 e. The minimum absolute atomic E-state index is 0.00810. The molecule has 5 nitrogen and oxygen atoms in total. The quantitative estimate of drug-likeness (QED) is 0.685. The molecule has 1 atom stereocenters. The van der Waals surface area contributed by atoms with E-state index in [-0.39, 0.29) is 5.69 Å². The molecular weight excluding hydrogens is 324 g/mol. The van der Waals surface area contributed by atoms with Gasteiger partial charge in [0.2, 0.25) is 0 Å². The Morgan fingerprint density at radius 3 is 2.65 bits per heavy atom. The maximum Gasteiger partial charge on any atom is 0.270 e. The Bertz CT molecular complexity index is 646. The molecule has 0 amide bonds. The van der Waals surface area contributed by atoms with Crippen LogP contribution in [-0.4, -0.2) is 12.0 Å². The largest absolute Gasteiger partial charge is 0.496 e. The highest BCUT2D eigenvalue weighted by atomic mass is 79.9. The number of non-ortho nitro benzene ring substituents is 1. The number of hydrogen-bond acceptors (Lipinski definition) is 4. The molecule has 0 aliphatic heterocycles. The summed E-state index contributed by atoms with van der Waals surface area (Å²) in [7, 11) is 1.51. The molecule has 0 aromatic heterocycles. The van der Waals surface area contributed by atoms with Crippen LogP contribution in [0.5, 0.6) is 5.75 Å². The molecule has 0 radical (unpaired) electrons. The van der Waals surface area contributed by atoms with Crippen molar-refractivity contribution >= 4 is 21.6 Å². The lowest BCUT2D eigenvalue weighted by Crippen LogP contribution is -2.13. The van der Waals surface area contributed by atoms with Gasteiger partial charge in [-0.1, -0.05) is 28.1 Å². The first-order chi connectivity index (χ1) is 9.52. The molecule has 0 bridgehead atoms. The number of halogens is 1. The third-order valence-electron chi connectivity index (χ3n) is 2.97. The molecule has 0 saturated heterocycles. The van der Waals surface area contributed by atoms with Crippen LogP contribution in [0.2, 0.25) is 0 Å². The van der Waals surface area contributed by atoms with Crippen LogP contribution < -0.4 is 10.5 Å². The van der Waals surface area contributed by atoms with Crippen molar-refractivity contribution in [3.63, 3.8) is 0 Å². The van der Waals surface area contributed by atoms with E-state index in [0.29, 0.717) is 11.3 Å². The van der Waals surface area contributed by atoms with Crippen LogP contribution in [0.3, 0.4) is 0 Å². The number of benzene rings is 2. The van der Waals surface area contributed by atoms with Gasteiger partial charge in [0.25, 0.3) is 5.69 Å². The molecule has 0 spiro atoms. The summed E-state index contributed by atoms with van der Waals surface area (Å²) in [5.41, 5.74) is 7.63. The first-order valence-electron chi connectivity index (χ1n) is 5.86. The van der Waals surface area contributed by atoms with Gasteiger partial charge in [-0.2, -0.15) is 0 Å². The molecule has 20 heavy (non-hydrogen) atoms. The van der Waals surface area contributed by atoms with E-state index >= 15 is 0 Å². The van der Waals surface area contributed by atoms with Gasteiger partial charge in [0.1, 0.15) is 5.75 Å². The monoisotopic (exact) mass is 336 g/mol. The van der Waals surface area contributed by atoms with E-state index in [1.165, 1.54) is 19.2 Å². The van der Waals surface area contributed by atoms with Gasteiger partial charge in [0.15, 0.2) is 0 Å². The Kier molecular flexibility index (Phi) is 4.36. The molecule has 2 aromatic carbocycles. The fraction of sp³-hybridized carbons (Fsp3) is 0.143. The lowest BCUT2D eigenvalue weighted by atomic mass is 9.98. The van der Waals surface area contributed by atoms with E-state index in [0.717, 1.165) is 10.0 Å². The molecule has 0 aliphatic rings. The Morgan fingerprint density at radius 2 is 2.05 bits per heavy atom. The fourth-order valence-electron chi connectivity index (χ4n) is 1.96. The van der Waals surface area contributed by atoms with E-state index < -0.39 is 11.0 Å². The lowest BCUT2D eigenvalue weighted by Gasteiger charge is -2.16. The van der Waals surface area contributed by atoms with Crippen LogP contribution in [0.25, 0.3) is 0 Å². The van der Waals surface area contributed by atoms with Gasteiger partial charge in [0.05, 0.1) is 18.1 Å². The zero-order valence-corrected chi connectivity index (χ0v) is 12.3. The second-order valence-electron chi connectivity index (χ2n) is 4.22. The lowest BCUT2D eigenvalue weighted by molar-refractivity contribution is -0.384. The number of methoxy groups -OCH3 is 1. The maximum atomic E-state index is 10.9. The Labute approximate surface area is 124 Å². The van der Waals surface area contributed by atoms with E-state index in [1.54, 1.807) is 6.07 Å². The average Bonchev–Trinajstić information content (AvgIpc) is 2.45. The van der Waals surface area contributed by atoms with Crippen LogP contribution in [0.4, 0.5) is 5.69 Å². The second kappa shape index (κ2) is 6.02. The SMILES string of the molecule is COc1ccc([N+](=O)[O-])cc1C(N)c1cccc(Br)c1. The Balaban J connectivity index is 2.49. The number of nitro groups is 1. The third kappa shape index (κ3) is 2.97. The molecule has 104 valence electrons. The number of nitrogens with two attached hydrogens (primary N) is 1. The number of rotatable bonds is 4. The van der Waals surface area contributed by atoms with E-state index in [4.69, 9.17) is 10.5 Å². The summed E-state index contributed by atoms with van der Waals surface area (Å²) in [6.45, 7) is 0. The highest BCUT2D eigenvalue weighted by Crippen LogP contribution is 2.32. The van der Waals surface area contributed by atoms with Gasteiger partial charge in [-0.3, -0.25) is 10.1 Å². The summed E-state index contributed by atoms with van der Waals surface area (Å²) in [6.07, 6.45) is 0. The molecule has 0 heterocycles.